The van der Waals surface area contributed by atoms with Gasteiger partial charge in [0.1, 0.15) is 5.69 Å². The molecule has 0 fully saturated rings. The quantitative estimate of drug-likeness (QED) is 0.772. The maximum Gasteiger partial charge on any atom is 0.275 e. The molecule has 5 nitrogen and oxygen atoms in total. The van der Waals surface area contributed by atoms with E-state index >= 15 is 0 Å². The fraction of sp³-hybridized carbons (Fsp3) is 0.0714. The Morgan fingerprint density at radius 2 is 2.19 bits per heavy atom. The number of hydrogen-bond acceptors (Lipinski definition) is 4. The highest BCUT2D eigenvalue weighted by Crippen LogP contribution is 2.26. The molecular weight excluding hydrogens is 308 g/mol. The summed E-state index contributed by atoms with van der Waals surface area (Å²) in [6.45, 7) is 1.93. The van der Waals surface area contributed by atoms with Crippen LogP contribution in [-0.2, 0) is 0 Å². The highest BCUT2D eigenvalue weighted by Gasteiger charge is 2.13. The topological polar surface area (TPSA) is 70.7 Å². The molecule has 0 spiro atoms. The molecule has 0 saturated carbocycles. The minimum atomic E-state index is -0.282. The van der Waals surface area contributed by atoms with Gasteiger partial charge in [0.25, 0.3) is 5.91 Å². The van der Waals surface area contributed by atoms with Gasteiger partial charge in [-0.25, -0.2) is 4.98 Å². The summed E-state index contributed by atoms with van der Waals surface area (Å²) in [5.41, 5.74) is 1.76. The van der Waals surface area contributed by atoms with Crippen molar-refractivity contribution in [2.45, 2.75) is 6.92 Å². The normalized spacial score (nSPS) is 10.6. The summed E-state index contributed by atoms with van der Waals surface area (Å²) in [7, 11) is 0. The molecule has 0 radical (unpaired) electrons. The predicted molar refractivity (Wildman–Crippen MR) is 83.8 cm³/mol. The van der Waals surface area contributed by atoms with E-state index in [1.807, 2.05) is 25.1 Å². The molecule has 2 heterocycles. The number of benzene rings is 1. The second-order valence-electron chi connectivity index (χ2n) is 4.38. The van der Waals surface area contributed by atoms with Gasteiger partial charge < -0.3 is 0 Å². The van der Waals surface area contributed by atoms with Crippen LogP contribution in [0.1, 0.15) is 15.4 Å². The van der Waals surface area contributed by atoms with Gasteiger partial charge in [0.2, 0.25) is 0 Å². The molecule has 0 aliphatic heterocycles. The first kappa shape index (κ1) is 13.8. The summed E-state index contributed by atoms with van der Waals surface area (Å²) < 4.78 is 0. The number of halogens is 1. The Kier molecular flexibility index (Phi) is 3.72. The number of rotatable bonds is 3. The minimum Gasteiger partial charge on any atom is -0.297 e. The number of hydrogen-bond donors (Lipinski definition) is 2. The second kappa shape index (κ2) is 5.67. The molecule has 1 aromatic carbocycles. The van der Waals surface area contributed by atoms with Gasteiger partial charge in [-0.15, -0.1) is 11.3 Å². The first-order chi connectivity index (χ1) is 10.1. The van der Waals surface area contributed by atoms with Gasteiger partial charge in [-0.2, -0.15) is 5.10 Å². The number of anilines is 1. The monoisotopic (exact) mass is 318 g/mol. The van der Waals surface area contributed by atoms with Crippen molar-refractivity contribution in [2.24, 2.45) is 0 Å². The largest absolute Gasteiger partial charge is 0.297 e. The van der Waals surface area contributed by atoms with Gasteiger partial charge >= 0.3 is 0 Å². The van der Waals surface area contributed by atoms with Crippen molar-refractivity contribution < 1.29 is 4.79 Å². The van der Waals surface area contributed by atoms with Crippen molar-refractivity contribution in [1.29, 1.82) is 0 Å². The fourth-order valence-corrected chi connectivity index (χ4v) is 2.71. The molecule has 0 aliphatic carbocycles. The van der Waals surface area contributed by atoms with Crippen LogP contribution in [0.5, 0.6) is 0 Å². The summed E-state index contributed by atoms with van der Waals surface area (Å²) in [6.07, 6.45) is 1.71. The summed E-state index contributed by atoms with van der Waals surface area (Å²) in [4.78, 5) is 17.2. The Morgan fingerprint density at radius 3 is 2.90 bits per heavy atom. The van der Waals surface area contributed by atoms with Crippen LogP contribution in [-0.4, -0.2) is 21.1 Å². The summed E-state index contributed by atoms with van der Waals surface area (Å²) in [5.74, 6) is -0.282. The Bertz CT molecular complexity index is 796. The van der Waals surface area contributed by atoms with Gasteiger partial charge in [-0.3, -0.25) is 15.2 Å². The molecule has 7 heteroatoms. The van der Waals surface area contributed by atoms with Crippen molar-refractivity contribution in [3.05, 3.63) is 52.1 Å². The SMILES string of the molecule is Cc1cnc(NC(=O)c2cc(-c3ccccc3Cl)n[nH]2)s1. The van der Waals surface area contributed by atoms with Gasteiger partial charge in [-0.1, -0.05) is 29.8 Å². The van der Waals surface area contributed by atoms with Crippen LogP contribution in [0.25, 0.3) is 11.3 Å². The third-order valence-electron chi connectivity index (χ3n) is 2.81. The Morgan fingerprint density at radius 1 is 1.38 bits per heavy atom. The number of H-pyrrole nitrogens is 1. The molecule has 0 atom stereocenters. The zero-order valence-corrected chi connectivity index (χ0v) is 12.6. The van der Waals surface area contributed by atoms with Crippen LogP contribution < -0.4 is 5.32 Å². The molecule has 1 amide bonds. The summed E-state index contributed by atoms with van der Waals surface area (Å²) >= 11 is 7.54. The van der Waals surface area contributed by atoms with E-state index in [9.17, 15) is 4.79 Å². The fourth-order valence-electron chi connectivity index (χ4n) is 1.82. The maximum atomic E-state index is 12.1. The van der Waals surface area contributed by atoms with Crippen molar-refractivity contribution >= 4 is 34.0 Å². The van der Waals surface area contributed by atoms with Crippen LogP contribution >= 0.6 is 22.9 Å². The molecule has 0 unspecified atom stereocenters. The van der Waals surface area contributed by atoms with Gasteiger partial charge in [0.05, 0.1) is 10.7 Å². The highest BCUT2D eigenvalue weighted by molar-refractivity contribution is 7.15. The average Bonchev–Trinajstić information content (AvgIpc) is 3.09. The molecule has 3 aromatic rings. The minimum absolute atomic E-state index is 0.282. The van der Waals surface area contributed by atoms with Crippen LogP contribution in [0.3, 0.4) is 0 Å². The van der Waals surface area contributed by atoms with E-state index in [-0.39, 0.29) is 5.91 Å². The number of nitrogens with zero attached hydrogens (tertiary/aromatic N) is 2. The lowest BCUT2D eigenvalue weighted by atomic mass is 10.1. The zero-order chi connectivity index (χ0) is 14.8. The number of carbonyl (C=O) groups is 1. The highest BCUT2D eigenvalue weighted by atomic mass is 35.5. The van der Waals surface area contributed by atoms with E-state index in [4.69, 9.17) is 11.6 Å². The van der Waals surface area contributed by atoms with Crippen molar-refractivity contribution in [3.8, 4) is 11.3 Å². The number of carbonyl (C=O) groups excluding carboxylic acids is 1. The third-order valence-corrected chi connectivity index (χ3v) is 3.97. The summed E-state index contributed by atoms with van der Waals surface area (Å²) in [6, 6.07) is 9.01. The maximum absolute atomic E-state index is 12.1. The lowest BCUT2D eigenvalue weighted by Crippen LogP contribution is -2.11. The Balaban J connectivity index is 1.82. The Hall–Kier alpha value is -2.18. The molecular formula is C14H11ClN4OS. The standard InChI is InChI=1S/C14H11ClN4OS/c1-8-7-16-14(21-8)17-13(20)12-6-11(18-19-12)9-4-2-3-5-10(9)15/h2-7H,1H3,(H,18,19)(H,16,17,20). The van der Waals surface area contributed by atoms with Crippen LogP contribution in [0.4, 0.5) is 5.13 Å². The van der Waals surface area contributed by atoms with Crippen LogP contribution in [0.2, 0.25) is 5.02 Å². The molecule has 2 N–H and O–H groups in total. The van der Waals surface area contributed by atoms with Gasteiger partial charge in [0, 0.05) is 16.6 Å². The van der Waals surface area contributed by atoms with Crippen LogP contribution in [0, 0.1) is 6.92 Å². The first-order valence-corrected chi connectivity index (χ1v) is 7.37. The number of aryl methyl sites for hydroxylation is 1. The third kappa shape index (κ3) is 2.96. The summed E-state index contributed by atoms with van der Waals surface area (Å²) in [5, 5.41) is 10.7. The average molecular weight is 319 g/mol. The van der Waals surface area contributed by atoms with E-state index in [1.54, 1.807) is 18.3 Å². The van der Waals surface area contributed by atoms with Crippen molar-refractivity contribution in [2.75, 3.05) is 5.32 Å². The van der Waals surface area contributed by atoms with E-state index in [0.717, 1.165) is 10.4 Å². The second-order valence-corrected chi connectivity index (χ2v) is 6.02. The van der Waals surface area contributed by atoms with E-state index in [0.29, 0.717) is 21.5 Å². The predicted octanol–water partition coefficient (Wildman–Crippen LogP) is 3.75. The number of amides is 1. The van der Waals surface area contributed by atoms with Gasteiger partial charge in [-0.05, 0) is 19.1 Å². The van der Waals surface area contributed by atoms with Crippen LogP contribution in [0.15, 0.2) is 36.5 Å². The number of nitrogens with one attached hydrogen (secondary N) is 2. The molecule has 0 bridgehead atoms. The number of aromatic nitrogens is 3. The molecule has 106 valence electrons. The smallest absolute Gasteiger partial charge is 0.275 e. The number of aromatic amines is 1. The van der Waals surface area contributed by atoms with Gasteiger partial charge in [0.15, 0.2) is 5.13 Å². The van der Waals surface area contributed by atoms with Crippen molar-refractivity contribution in [3.63, 3.8) is 0 Å². The lowest BCUT2D eigenvalue weighted by molar-refractivity contribution is 0.102. The van der Waals surface area contributed by atoms with Crippen molar-refractivity contribution in [1.82, 2.24) is 15.2 Å². The number of thiazole rings is 1. The molecule has 2 aromatic heterocycles. The molecule has 0 aliphatic rings. The lowest BCUT2D eigenvalue weighted by Gasteiger charge is -1.98. The molecule has 21 heavy (non-hydrogen) atoms. The van der Waals surface area contributed by atoms with E-state index < -0.39 is 0 Å². The molecule has 0 saturated heterocycles. The van der Waals surface area contributed by atoms with E-state index in [1.165, 1.54) is 11.3 Å². The Labute approximate surface area is 130 Å². The first-order valence-electron chi connectivity index (χ1n) is 6.17. The molecule has 3 rings (SSSR count). The zero-order valence-electron chi connectivity index (χ0n) is 11.1. The van der Waals surface area contributed by atoms with E-state index in [2.05, 4.69) is 20.5 Å².